The Hall–Kier alpha value is -3.92. The summed E-state index contributed by atoms with van der Waals surface area (Å²) in [6.07, 6.45) is 5.51. The van der Waals surface area contributed by atoms with Crippen LogP contribution in [0.4, 0.5) is 0 Å². The molecule has 2 aromatic carbocycles. The van der Waals surface area contributed by atoms with Gasteiger partial charge in [0.25, 0.3) is 5.91 Å². The number of benzene rings is 2. The predicted octanol–water partition coefficient (Wildman–Crippen LogP) is 5.03. The quantitative estimate of drug-likeness (QED) is 0.273. The Labute approximate surface area is 230 Å². The first-order valence-electron chi connectivity index (χ1n) is 12.9. The van der Waals surface area contributed by atoms with Crippen LogP contribution in [0, 0.1) is 6.92 Å². The van der Waals surface area contributed by atoms with Crippen LogP contribution in [0.15, 0.2) is 66.4 Å². The minimum atomic E-state index is -0.428. The molecule has 198 valence electrons. The average Bonchev–Trinajstić information content (AvgIpc) is 3.34. The Morgan fingerprint density at radius 1 is 1.18 bits per heavy atom. The van der Waals surface area contributed by atoms with E-state index in [0.29, 0.717) is 18.8 Å². The van der Waals surface area contributed by atoms with Gasteiger partial charge in [0.1, 0.15) is 0 Å². The average molecular weight is 540 g/mol. The van der Waals surface area contributed by atoms with Crippen LogP contribution in [0.5, 0.6) is 0 Å². The standard InChI is InChI=1S/C30H29N5O3S/c1-19-11-20(16-38-17-27-28(15-36)39-18-31-27)7-8-22(19)29(37)34-30(9-10-30)24-12-26(21-13-32-35(2)14-21)33-25-6-4-3-5-23(24)25/h3-8,11-14,18,36H,9-10,15-17H2,1-2H3,(H,34,37). The molecule has 1 fully saturated rings. The van der Waals surface area contributed by atoms with Gasteiger partial charge < -0.3 is 15.2 Å². The first-order valence-corrected chi connectivity index (χ1v) is 13.7. The number of para-hydroxylation sites is 1. The lowest BCUT2D eigenvalue weighted by atomic mass is 9.96. The van der Waals surface area contributed by atoms with Gasteiger partial charge in [0, 0.05) is 29.8 Å². The van der Waals surface area contributed by atoms with Crippen molar-refractivity contribution in [3.05, 3.63) is 99.3 Å². The zero-order valence-corrected chi connectivity index (χ0v) is 22.7. The van der Waals surface area contributed by atoms with E-state index in [-0.39, 0.29) is 12.5 Å². The maximum atomic E-state index is 13.5. The van der Waals surface area contributed by atoms with Crippen LogP contribution in [0.25, 0.3) is 22.2 Å². The van der Waals surface area contributed by atoms with E-state index < -0.39 is 5.54 Å². The van der Waals surface area contributed by atoms with Gasteiger partial charge in [-0.15, -0.1) is 11.3 Å². The first kappa shape index (κ1) is 25.4. The monoisotopic (exact) mass is 539 g/mol. The number of amides is 1. The molecule has 8 nitrogen and oxygen atoms in total. The minimum absolute atomic E-state index is 0.0339. The van der Waals surface area contributed by atoms with Crippen molar-refractivity contribution in [3.8, 4) is 11.3 Å². The Balaban J connectivity index is 1.21. The molecule has 39 heavy (non-hydrogen) atoms. The highest BCUT2D eigenvalue weighted by Crippen LogP contribution is 2.48. The molecular weight excluding hydrogens is 510 g/mol. The van der Waals surface area contributed by atoms with Crippen molar-refractivity contribution in [2.45, 2.75) is 45.1 Å². The first-order chi connectivity index (χ1) is 19.0. The van der Waals surface area contributed by atoms with Crippen LogP contribution in [-0.2, 0) is 37.1 Å². The highest BCUT2D eigenvalue weighted by molar-refractivity contribution is 7.09. The molecule has 0 aliphatic heterocycles. The summed E-state index contributed by atoms with van der Waals surface area (Å²) >= 11 is 1.42. The van der Waals surface area contributed by atoms with Gasteiger partial charge in [-0.25, -0.2) is 9.97 Å². The molecule has 0 unspecified atom stereocenters. The third-order valence-corrected chi connectivity index (χ3v) is 8.11. The summed E-state index contributed by atoms with van der Waals surface area (Å²) in [5.41, 5.74) is 8.36. The number of hydrogen-bond acceptors (Lipinski definition) is 7. The van der Waals surface area contributed by atoms with E-state index in [1.54, 1.807) is 10.2 Å². The Morgan fingerprint density at radius 3 is 2.77 bits per heavy atom. The zero-order valence-electron chi connectivity index (χ0n) is 21.8. The molecule has 0 radical (unpaired) electrons. The van der Waals surface area contributed by atoms with Crippen LogP contribution in [0.2, 0.25) is 0 Å². The van der Waals surface area contributed by atoms with Crippen molar-refractivity contribution in [1.29, 1.82) is 0 Å². The van der Waals surface area contributed by atoms with E-state index in [1.165, 1.54) is 11.3 Å². The van der Waals surface area contributed by atoms with Crippen LogP contribution in [0.1, 0.15) is 50.5 Å². The molecule has 1 aliphatic carbocycles. The van der Waals surface area contributed by atoms with Gasteiger partial charge in [-0.2, -0.15) is 5.10 Å². The molecule has 6 rings (SSSR count). The number of aromatic nitrogens is 4. The van der Waals surface area contributed by atoms with Crippen LogP contribution < -0.4 is 5.32 Å². The lowest BCUT2D eigenvalue weighted by Gasteiger charge is -2.21. The summed E-state index contributed by atoms with van der Waals surface area (Å²) < 4.78 is 7.59. The van der Waals surface area contributed by atoms with Gasteiger partial charge in [-0.05, 0) is 54.7 Å². The molecule has 3 heterocycles. The van der Waals surface area contributed by atoms with Crippen molar-refractivity contribution in [3.63, 3.8) is 0 Å². The smallest absolute Gasteiger partial charge is 0.252 e. The summed E-state index contributed by atoms with van der Waals surface area (Å²) in [6.45, 7) is 2.65. The largest absolute Gasteiger partial charge is 0.391 e. The number of thiazole rings is 1. The van der Waals surface area contributed by atoms with Crippen LogP contribution >= 0.6 is 11.3 Å². The van der Waals surface area contributed by atoms with E-state index >= 15 is 0 Å². The normalized spacial score (nSPS) is 14.0. The predicted molar refractivity (Wildman–Crippen MR) is 150 cm³/mol. The zero-order chi connectivity index (χ0) is 27.0. The maximum absolute atomic E-state index is 13.5. The number of rotatable bonds is 9. The van der Waals surface area contributed by atoms with Crippen LogP contribution in [-0.4, -0.2) is 30.8 Å². The number of ether oxygens (including phenoxy) is 1. The topological polar surface area (TPSA) is 102 Å². The Bertz CT molecular complexity index is 1670. The lowest BCUT2D eigenvalue weighted by Crippen LogP contribution is -2.35. The van der Waals surface area contributed by atoms with Gasteiger partial charge in [-0.1, -0.05) is 30.3 Å². The summed E-state index contributed by atoms with van der Waals surface area (Å²) in [4.78, 5) is 23.5. The SMILES string of the molecule is Cc1cc(COCc2ncsc2CO)ccc1C(=O)NC1(c2cc(-c3cnn(C)c3)nc3ccccc23)CC1. The van der Waals surface area contributed by atoms with Gasteiger partial charge in [-0.3, -0.25) is 9.48 Å². The number of hydrogen-bond donors (Lipinski definition) is 2. The number of aliphatic hydroxyl groups excluding tert-OH is 1. The number of carbonyl (C=O) groups excluding carboxylic acids is 1. The number of aliphatic hydroxyl groups is 1. The number of nitrogens with one attached hydrogen (secondary N) is 1. The minimum Gasteiger partial charge on any atom is -0.391 e. The maximum Gasteiger partial charge on any atom is 0.252 e. The third kappa shape index (κ3) is 5.08. The molecule has 2 N–H and O–H groups in total. The fraction of sp³-hybridized carbons (Fsp3) is 0.267. The highest BCUT2D eigenvalue weighted by atomic mass is 32.1. The molecule has 5 aromatic rings. The molecule has 1 saturated carbocycles. The number of pyridine rings is 1. The van der Waals surface area contributed by atoms with Gasteiger partial charge >= 0.3 is 0 Å². The third-order valence-electron chi connectivity index (χ3n) is 7.25. The van der Waals surface area contributed by atoms with Gasteiger partial charge in [0.05, 0.1) is 58.8 Å². The van der Waals surface area contributed by atoms with Crippen molar-refractivity contribution < 1.29 is 14.6 Å². The molecule has 1 aliphatic rings. The van der Waals surface area contributed by atoms with Crippen molar-refractivity contribution in [2.75, 3.05) is 0 Å². The fourth-order valence-corrected chi connectivity index (χ4v) is 5.65. The summed E-state index contributed by atoms with van der Waals surface area (Å²) in [5.74, 6) is -0.0867. The van der Waals surface area contributed by atoms with Crippen molar-refractivity contribution in [2.24, 2.45) is 7.05 Å². The van der Waals surface area contributed by atoms with E-state index in [2.05, 4.69) is 27.5 Å². The second kappa shape index (κ2) is 10.3. The van der Waals surface area contributed by atoms with E-state index in [9.17, 15) is 9.90 Å². The van der Waals surface area contributed by atoms with Gasteiger partial charge in [0.2, 0.25) is 0 Å². The molecular formula is C30H29N5O3S. The van der Waals surface area contributed by atoms with Crippen molar-refractivity contribution in [1.82, 2.24) is 25.1 Å². The molecule has 0 bridgehead atoms. The second-order valence-electron chi connectivity index (χ2n) is 10.0. The molecule has 0 spiro atoms. The van der Waals surface area contributed by atoms with E-state index in [4.69, 9.17) is 9.72 Å². The number of carbonyl (C=O) groups is 1. The highest BCUT2D eigenvalue weighted by Gasteiger charge is 2.47. The number of aryl methyl sites for hydroxylation is 2. The molecule has 0 saturated heterocycles. The molecule has 3 aromatic heterocycles. The van der Waals surface area contributed by atoms with E-state index in [0.717, 1.165) is 62.3 Å². The summed E-state index contributed by atoms with van der Waals surface area (Å²) in [7, 11) is 1.89. The lowest BCUT2D eigenvalue weighted by molar-refractivity contribution is 0.0929. The molecule has 9 heteroatoms. The van der Waals surface area contributed by atoms with E-state index in [1.807, 2.05) is 62.8 Å². The Kier molecular flexibility index (Phi) is 6.72. The summed E-state index contributed by atoms with van der Waals surface area (Å²) in [5, 5.41) is 18.1. The van der Waals surface area contributed by atoms with Crippen molar-refractivity contribution >= 4 is 28.1 Å². The van der Waals surface area contributed by atoms with Gasteiger partial charge in [0.15, 0.2) is 0 Å². The molecule has 0 atom stereocenters. The second-order valence-corrected chi connectivity index (χ2v) is 11.0. The fourth-order valence-electron chi connectivity index (χ4n) is 5.02. The Morgan fingerprint density at radius 2 is 2.03 bits per heavy atom. The molecule has 1 amide bonds. The number of nitrogens with zero attached hydrogens (tertiary/aromatic N) is 4. The summed E-state index contributed by atoms with van der Waals surface area (Å²) in [6, 6.07) is 16.0. The number of fused-ring (bicyclic) bond motifs is 1. The van der Waals surface area contributed by atoms with Crippen LogP contribution in [0.3, 0.4) is 0 Å².